The van der Waals surface area contributed by atoms with Crippen molar-refractivity contribution in [3.8, 4) is 0 Å². The summed E-state index contributed by atoms with van der Waals surface area (Å²) in [5.74, 6) is -1.22. The van der Waals surface area contributed by atoms with Crippen LogP contribution in [-0.2, 0) is 0 Å². The molecule has 0 spiro atoms. The van der Waals surface area contributed by atoms with Gasteiger partial charge in [-0.2, -0.15) is 0 Å². The van der Waals surface area contributed by atoms with Crippen LogP contribution in [0.1, 0.15) is 19.3 Å². The maximum absolute atomic E-state index is 13.3. The molecule has 0 bridgehead atoms. The lowest BCUT2D eigenvalue weighted by molar-refractivity contribution is -0.0235. The van der Waals surface area contributed by atoms with Gasteiger partial charge < -0.3 is 16.2 Å². The van der Waals surface area contributed by atoms with Crippen molar-refractivity contribution in [2.75, 3.05) is 11.9 Å². The highest BCUT2D eigenvalue weighted by Crippen LogP contribution is 2.31. The first-order chi connectivity index (χ1) is 8.48. The Morgan fingerprint density at radius 2 is 2.17 bits per heavy atom. The fourth-order valence-electron chi connectivity index (χ4n) is 1.75. The van der Waals surface area contributed by atoms with Crippen molar-refractivity contribution >= 4 is 11.6 Å². The molecule has 1 saturated carbocycles. The van der Waals surface area contributed by atoms with Gasteiger partial charge in [0, 0.05) is 6.07 Å². The zero-order valence-electron chi connectivity index (χ0n) is 9.79. The molecule has 0 aliphatic heterocycles. The molecule has 1 aromatic carbocycles. The first-order valence-electron chi connectivity index (χ1n) is 5.73. The van der Waals surface area contributed by atoms with E-state index in [0.29, 0.717) is 12.8 Å². The van der Waals surface area contributed by atoms with E-state index in [9.17, 15) is 13.9 Å². The van der Waals surface area contributed by atoms with Gasteiger partial charge in [-0.05, 0) is 31.4 Å². The number of nitrogens with zero attached hydrogens (tertiary/aromatic N) is 1. The van der Waals surface area contributed by atoms with Crippen LogP contribution in [-0.4, -0.2) is 23.2 Å². The van der Waals surface area contributed by atoms with Crippen LogP contribution >= 0.6 is 0 Å². The van der Waals surface area contributed by atoms with Gasteiger partial charge in [0.25, 0.3) is 0 Å². The molecule has 18 heavy (non-hydrogen) atoms. The molecule has 6 heteroatoms. The Labute approximate surface area is 104 Å². The van der Waals surface area contributed by atoms with E-state index in [1.807, 2.05) is 0 Å². The van der Waals surface area contributed by atoms with Gasteiger partial charge in [0.05, 0.1) is 17.8 Å². The van der Waals surface area contributed by atoms with Crippen molar-refractivity contribution in [2.45, 2.75) is 24.9 Å². The van der Waals surface area contributed by atoms with Crippen LogP contribution in [0.3, 0.4) is 0 Å². The van der Waals surface area contributed by atoms with Crippen LogP contribution in [0, 0.1) is 11.6 Å². The summed E-state index contributed by atoms with van der Waals surface area (Å²) in [5.41, 5.74) is 4.69. The number of hydrogen-bond acceptors (Lipinski definition) is 2. The van der Waals surface area contributed by atoms with Crippen molar-refractivity contribution in [3.05, 3.63) is 29.8 Å². The average molecular weight is 255 g/mol. The molecular formula is C12H15F2N3O. The normalized spacial score (nSPS) is 18.3. The topological polar surface area (TPSA) is 70.6 Å². The minimum absolute atomic E-state index is 0.0418. The quantitative estimate of drug-likeness (QED) is 0.567. The van der Waals surface area contributed by atoms with Crippen molar-refractivity contribution in [1.29, 1.82) is 0 Å². The molecule has 0 atom stereocenters. The van der Waals surface area contributed by atoms with Gasteiger partial charge in [0.2, 0.25) is 0 Å². The summed E-state index contributed by atoms with van der Waals surface area (Å²) < 4.78 is 26.2. The zero-order valence-corrected chi connectivity index (χ0v) is 9.79. The Bertz CT molecular complexity index is 472. The largest absolute Gasteiger partial charge is 0.388 e. The van der Waals surface area contributed by atoms with E-state index >= 15 is 0 Å². The molecule has 4 nitrogen and oxygen atoms in total. The van der Waals surface area contributed by atoms with E-state index < -0.39 is 17.2 Å². The third-order valence-corrected chi connectivity index (χ3v) is 3.02. The minimum Gasteiger partial charge on any atom is -0.388 e. The highest BCUT2D eigenvalue weighted by molar-refractivity contribution is 5.92. The Morgan fingerprint density at radius 1 is 1.44 bits per heavy atom. The SMILES string of the molecule is NC(=NCC1(O)CCC1)Nc1cc(F)ccc1F. The van der Waals surface area contributed by atoms with Crippen molar-refractivity contribution in [2.24, 2.45) is 10.7 Å². The smallest absolute Gasteiger partial charge is 0.193 e. The molecule has 4 N–H and O–H groups in total. The lowest BCUT2D eigenvalue weighted by Crippen LogP contribution is -2.41. The number of nitrogens with one attached hydrogen (secondary N) is 1. The monoisotopic (exact) mass is 255 g/mol. The number of hydrogen-bond donors (Lipinski definition) is 3. The number of nitrogens with two attached hydrogens (primary N) is 1. The lowest BCUT2D eigenvalue weighted by atomic mass is 9.80. The predicted octanol–water partition coefficient (Wildman–Crippen LogP) is 1.61. The van der Waals surface area contributed by atoms with Crippen molar-refractivity contribution < 1.29 is 13.9 Å². The fourth-order valence-corrected chi connectivity index (χ4v) is 1.75. The van der Waals surface area contributed by atoms with Crippen LogP contribution in [0.25, 0.3) is 0 Å². The Morgan fingerprint density at radius 3 is 2.78 bits per heavy atom. The van der Waals surface area contributed by atoms with Gasteiger partial charge in [-0.15, -0.1) is 0 Å². The summed E-state index contributed by atoms with van der Waals surface area (Å²) in [6, 6.07) is 3.02. The summed E-state index contributed by atoms with van der Waals surface area (Å²) in [4.78, 5) is 3.93. The Kier molecular flexibility index (Phi) is 3.47. The third-order valence-electron chi connectivity index (χ3n) is 3.02. The van der Waals surface area contributed by atoms with E-state index in [-0.39, 0.29) is 18.2 Å². The maximum Gasteiger partial charge on any atom is 0.193 e. The van der Waals surface area contributed by atoms with Gasteiger partial charge in [-0.1, -0.05) is 0 Å². The number of halogens is 2. The third kappa shape index (κ3) is 2.95. The van der Waals surface area contributed by atoms with Crippen LogP contribution in [0.2, 0.25) is 0 Å². The molecule has 1 aliphatic carbocycles. The van der Waals surface area contributed by atoms with E-state index in [0.717, 1.165) is 24.6 Å². The van der Waals surface area contributed by atoms with E-state index in [2.05, 4.69) is 10.3 Å². The lowest BCUT2D eigenvalue weighted by Gasteiger charge is -2.34. The number of benzene rings is 1. The first kappa shape index (κ1) is 12.8. The predicted molar refractivity (Wildman–Crippen MR) is 65.3 cm³/mol. The van der Waals surface area contributed by atoms with Crippen LogP contribution < -0.4 is 11.1 Å². The summed E-state index contributed by atoms with van der Waals surface area (Å²) in [6.45, 7) is 0.169. The number of anilines is 1. The molecule has 0 aromatic heterocycles. The molecule has 1 aromatic rings. The molecule has 2 rings (SSSR count). The Balaban J connectivity index is 1.99. The van der Waals surface area contributed by atoms with Gasteiger partial charge in [0.15, 0.2) is 5.96 Å². The molecular weight excluding hydrogens is 240 g/mol. The fraction of sp³-hybridized carbons (Fsp3) is 0.417. The van der Waals surface area contributed by atoms with E-state index in [1.54, 1.807) is 0 Å². The van der Waals surface area contributed by atoms with Gasteiger partial charge in [-0.3, -0.25) is 4.99 Å². The van der Waals surface area contributed by atoms with Gasteiger partial charge >= 0.3 is 0 Å². The van der Waals surface area contributed by atoms with Crippen molar-refractivity contribution in [1.82, 2.24) is 0 Å². The second-order valence-corrected chi connectivity index (χ2v) is 4.53. The van der Waals surface area contributed by atoms with Crippen molar-refractivity contribution in [3.63, 3.8) is 0 Å². The number of aliphatic imine (C=N–C) groups is 1. The molecule has 98 valence electrons. The molecule has 1 fully saturated rings. The van der Waals surface area contributed by atoms with Crippen LogP contribution in [0.5, 0.6) is 0 Å². The summed E-state index contributed by atoms with van der Waals surface area (Å²) in [6.07, 6.45) is 2.36. The molecule has 0 unspecified atom stereocenters. The molecule has 0 radical (unpaired) electrons. The summed E-state index contributed by atoms with van der Waals surface area (Å²) in [7, 11) is 0. The maximum atomic E-state index is 13.3. The molecule has 0 amide bonds. The number of guanidine groups is 1. The highest BCUT2D eigenvalue weighted by atomic mass is 19.1. The highest BCUT2D eigenvalue weighted by Gasteiger charge is 2.33. The Hall–Kier alpha value is -1.69. The number of aliphatic hydroxyl groups is 1. The molecule has 0 heterocycles. The summed E-state index contributed by atoms with van der Waals surface area (Å²) >= 11 is 0. The second kappa shape index (κ2) is 4.89. The minimum atomic E-state index is -0.785. The average Bonchev–Trinajstić information content (AvgIpc) is 2.29. The molecule has 1 aliphatic rings. The first-order valence-corrected chi connectivity index (χ1v) is 5.73. The standard InChI is InChI=1S/C12H15F2N3O/c13-8-2-3-9(14)10(6-8)17-11(15)16-7-12(18)4-1-5-12/h2-3,6,18H,1,4-5,7H2,(H3,15,16,17). The zero-order chi connectivity index (χ0) is 13.2. The van der Waals surface area contributed by atoms with Gasteiger partial charge in [0.1, 0.15) is 11.6 Å². The van der Waals surface area contributed by atoms with E-state index in [1.165, 1.54) is 0 Å². The number of rotatable bonds is 3. The second-order valence-electron chi connectivity index (χ2n) is 4.53. The van der Waals surface area contributed by atoms with Crippen LogP contribution in [0.4, 0.5) is 14.5 Å². The van der Waals surface area contributed by atoms with Gasteiger partial charge in [-0.25, -0.2) is 8.78 Å². The molecule has 0 saturated heterocycles. The van der Waals surface area contributed by atoms with E-state index in [4.69, 9.17) is 5.73 Å². The summed E-state index contributed by atoms with van der Waals surface area (Å²) in [5, 5.41) is 12.3. The van der Waals surface area contributed by atoms with Crippen LogP contribution in [0.15, 0.2) is 23.2 Å².